The van der Waals surface area contributed by atoms with Crippen molar-refractivity contribution in [1.29, 1.82) is 0 Å². The zero-order chi connectivity index (χ0) is 18.4. The molecule has 8 nitrogen and oxygen atoms in total. The number of sulfonamides is 1. The Labute approximate surface area is 151 Å². The van der Waals surface area contributed by atoms with E-state index in [1.54, 1.807) is 6.92 Å². The lowest BCUT2D eigenvalue weighted by Crippen LogP contribution is -2.53. The first-order valence-corrected chi connectivity index (χ1v) is 9.63. The van der Waals surface area contributed by atoms with E-state index in [0.29, 0.717) is 24.6 Å². The van der Waals surface area contributed by atoms with Gasteiger partial charge in [0.1, 0.15) is 6.23 Å². The van der Waals surface area contributed by atoms with Gasteiger partial charge < -0.3 is 15.4 Å². The van der Waals surface area contributed by atoms with Gasteiger partial charge in [-0.05, 0) is 37.6 Å². The monoisotopic (exact) mass is 389 g/mol. The molecule has 0 spiro atoms. The van der Waals surface area contributed by atoms with E-state index < -0.39 is 28.1 Å². The SMILES string of the molecule is CCNC(=O)C(=O)NC[C@H]1OCCCN1S(=O)(=O)c1ccc(Cl)cc1. The van der Waals surface area contributed by atoms with Crippen LogP contribution < -0.4 is 10.6 Å². The molecule has 0 bridgehead atoms. The molecule has 0 saturated carbocycles. The maximum absolute atomic E-state index is 12.8. The molecule has 1 aromatic rings. The van der Waals surface area contributed by atoms with Crippen LogP contribution in [0.2, 0.25) is 5.02 Å². The van der Waals surface area contributed by atoms with E-state index in [9.17, 15) is 18.0 Å². The minimum absolute atomic E-state index is 0.0856. The lowest BCUT2D eigenvalue weighted by Gasteiger charge is -2.34. The molecule has 0 unspecified atom stereocenters. The van der Waals surface area contributed by atoms with Gasteiger partial charge in [-0.15, -0.1) is 0 Å². The van der Waals surface area contributed by atoms with Crippen LogP contribution in [0.15, 0.2) is 29.2 Å². The number of carbonyl (C=O) groups is 2. The van der Waals surface area contributed by atoms with Crippen molar-refractivity contribution in [3.05, 3.63) is 29.3 Å². The molecule has 2 rings (SSSR count). The molecule has 1 heterocycles. The van der Waals surface area contributed by atoms with Crippen molar-refractivity contribution in [2.45, 2.75) is 24.5 Å². The van der Waals surface area contributed by atoms with Crippen LogP contribution in [0.25, 0.3) is 0 Å². The molecule has 10 heteroatoms. The van der Waals surface area contributed by atoms with Gasteiger partial charge in [0.2, 0.25) is 10.0 Å². The number of likely N-dealkylation sites (N-methyl/N-ethyl adjacent to an activating group) is 1. The maximum atomic E-state index is 12.8. The third-order valence-electron chi connectivity index (χ3n) is 3.56. The number of ether oxygens (including phenoxy) is 1. The van der Waals surface area contributed by atoms with Gasteiger partial charge in [-0.25, -0.2) is 8.42 Å². The van der Waals surface area contributed by atoms with E-state index in [2.05, 4.69) is 10.6 Å². The molecule has 0 aromatic heterocycles. The second kappa shape index (κ2) is 8.61. The molecule has 138 valence electrons. The summed E-state index contributed by atoms with van der Waals surface area (Å²) in [6.07, 6.45) is -0.346. The molecule has 1 aliphatic rings. The van der Waals surface area contributed by atoms with Crippen LogP contribution in [0.3, 0.4) is 0 Å². The highest BCUT2D eigenvalue weighted by Crippen LogP contribution is 2.23. The molecule has 1 aliphatic heterocycles. The predicted octanol–water partition coefficient (Wildman–Crippen LogP) is 0.329. The molecule has 1 fully saturated rings. The zero-order valence-electron chi connectivity index (χ0n) is 13.7. The second-order valence-corrected chi connectivity index (χ2v) is 7.65. The molecule has 2 N–H and O–H groups in total. The highest BCUT2D eigenvalue weighted by atomic mass is 35.5. The molecule has 1 aromatic carbocycles. The minimum atomic E-state index is -3.81. The Morgan fingerprint density at radius 2 is 1.88 bits per heavy atom. The number of amides is 2. The average Bonchev–Trinajstić information content (AvgIpc) is 2.60. The lowest BCUT2D eigenvalue weighted by molar-refractivity contribution is -0.140. The lowest BCUT2D eigenvalue weighted by atomic mass is 10.3. The van der Waals surface area contributed by atoms with Crippen LogP contribution in [0.1, 0.15) is 13.3 Å². The summed E-state index contributed by atoms with van der Waals surface area (Å²) in [6.45, 7) is 2.52. The Hall–Kier alpha value is -1.68. The van der Waals surface area contributed by atoms with Crippen molar-refractivity contribution < 1.29 is 22.7 Å². The molecule has 0 aliphatic carbocycles. The highest BCUT2D eigenvalue weighted by molar-refractivity contribution is 7.89. The summed E-state index contributed by atoms with van der Waals surface area (Å²) in [5.74, 6) is -1.61. The molecule has 1 saturated heterocycles. The van der Waals surface area contributed by atoms with Crippen LogP contribution in [-0.4, -0.2) is 57.0 Å². The number of hydrogen-bond donors (Lipinski definition) is 2. The molecular weight excluding hydrogens is 370 g/mol. The maximum Gasteiger partial charge on any atom is 0.309 e. The van der Waals surface area contributed by atoms with E-state index in [1.165, 1.54) is 28.6 Å². The van der Waals surface area contributed by atoms with Crippen molar-refractivity contribution in [1.82, 2.24) is 14.9 Å². The van der Waals surface area contributed by atoms with Gasteiger partial charge in [0, 0.05) is 18.1 Å². The summed E-state index contributed by atoms with van der Waals surface area (Å²) in [7, 11) is -3.81. The fourth-order valence-electron chi connectivity index (χ4n) is 2.35. The summed E-state index contributed by atoms with van der Waals surface area (Å²) in [5.41, 5.74) is 0. The fourth-order valence-corrected chi connectivity index (χ4v) is 4.04. The number of nitrogens with one attached hydrogen (secondary N) is 2. The average molecular weight is 390 g/mol. The fraction of sp³-hybridized carbons (Fsp3) is 0.467. The third kappa shape index (κ3) is 4.91. The van der Waals surface area contributed by atoms with E-state index >= 15 is 0 Å². The predicted molar refractivity (Wildman–Crippen MR) is 91.4 cm³/mol. The van der Waals surface area contributed by atoms with Gasteiger partial charge in [-0.3, -0.25) is 9.59 Å². The van der Waals surface area contributed by atoms with Crippen LogP contribution >= 0.6 is 11.6 Å². The van der Waals surface area contributed by atoms with Gasteiger partial charge in [-0.2, -0.15) is 4.31 Å². The summed E-state index contributed by atoms with van der Waals surface area (Å²) in [5, 5.41) is 5.20. The second-order valence-electron chi connectivity index (χ2n) is 5.32. The molecule has 25 heavy (non-hydrogen) atoms. The van der Waals surface area contributed by atoms with Crippen molar-refractivity contribution >= 4 is 33.4 Å². The quantitative estimate of drug-likeness (QED) is 0.706. The Bertz CT molecular complexity index is 723. The largest absolute Gasteiger partial charge is 0.360 e. The van der Waals surface area contributed by atoms with Crippen molar-refractivity contribution in [3.63, 3.8) is 0 Å². The van der Waals surface area contributed by atoms with Gasteiger partial charge in [0.25, 0.3) is 0 Å². The molecule has 1 atom stereocenters. The number of hydrogen-bond acceptors (Lipinski definition) is 5. The van der Waals surface area contributed by atoms with Gasteiger partial charge in [-0.1, -0.05) is 11.6 Å². The van der Waals surface area contributed by atoms with Crippen molar-refractivity contribution in [2.75, 3.05) is 26.2 Å². The summed E-state index contributed by atoms with van der Waals surface area (Å²) >= 11 is 5.80. The standard InChI is InChI=1S/C15H20ClN3O5S/c1-2-17-14(20)15(21)18-10-13-19(8-3-9-24-13)25(22,23)12-6-4-11(16)5-7-12/h4-7,13H,2-3,8-10H2,1H3,(H,17,20)(H,18,21)/t13-/m1/s1. The summed E-state index contributed by atoms with van der Waals surface area (Å²) in [4.78, 5) is 23.2. The molecular formula is C15H20ClN3O5S. The zero-order valence-corrected chi connectivity index (χ0v) is 15.3. The Kier molecular flexibility index (Phi) is 6.77. The van der Waals surface area contributed by atoms with Gasteiger partial charge >= 0.3 is 11.8 Å². The van der Waals surface area contributed by atoms with Gasteiger partial charge in [0.15, 0.2) is 0 Å². The first-order valence-electron chi connectivity index (χ1n) is 7.81. The minimum Gasteiger partial charge on any atom is -0.360 e. The van der Waals surface area contributed by atoms with E-state index in [0.717, 1.165) is 0 Å². The van der Waals surface area contributed by atoms with Crippen molar-refractivity contribution in [2.24, 2.45) is 0 Å². The van der Waals surface area contributed by atoms with Gasteiger partial charge in [0.05, 0.1) is 18.0 Å². The van der Waals surface area contributed by atoms with Crippen LogP contribution in [0.5, 0.6) is 0 Å². The highest BCUT2D eigenvalue weighted by Gasteiger charge is 2.34. The summed E-state index contributed by atoms with van der Waals surface area (Å²) in [6, 6.07) is 5.81. The van der Waals surface area contributed by atoms with Crippen molar-refractivity contribution in [3.8, 4) is 0 Å². The number of halogens is 1. The Morgan fingerprint density at radius 1 is 1.24 bits per heavy atom. The Morgan fingerprint density at radius 3 is 2.52 bits per heavy atom. The molecule has 0 radical (unpaired) electrons. The smallest absolute Gasteiger partial charge is 0.309 e. The number of carbonyl (C=O) groups excluding carboxylic acids is 2. The van der Waals surface area contributed by atoms with E-state index in [-0.39, 0.29) is 18.0 Å². The van der Waals surface area contributed by atoms with E-state index in [1.807, 2.05) is 0 Å². The Balaban J connectivity index is 2.10. The van der Waals surface area contributed by atoms with E-state index in [4.69, 9.17) is 16.3 Å². The number of nitrogens with zero attached hydrogens (tertiary/aromatic N) is 1. The number of benzene rings is 1. The first-order chi connectivity index (χ1) is 11.9. The summed E-state index contributed by atoms with van der Waals surface area (Å²) < 4.78 is 32.3. The normalized spacial score (nSPS) is 18.6. The topological polar surface area (TPSA) is 105 Å². The van der Waals surface area contributed by atoms with Crippen LogP contribution in [0.4, 0.5) is 0 Å². The first kappa shape index (κ1) is 19.6. The van der Waals surface area contributed by atoms with Crippen LogP contribution in [-0.2, 0) is 24.3 Å². The van der Waals surface area contributed by atoms with Crippen LogP contribution in [0, 0.1) is 0 Å². The number of rotatable bonds is 5. The molecule has 2 amide bonds. The third-order valence-corrected chi connectivity index (χ3v) is 5.71.